The molecule has 198 valence electrons. The highest BCUT2D eigenvalue weighted by Crippen LogP contribution is 2.37. The summed E-state index contributed by atoms with van der Waals surface area (Å²) in [5, 5.41) is 25.3. The first-order chi connectivity index (χ1) is 17.7. The number of thiophene rings is 1. The maximum absolute atomic E-state index is 13.6. The van der Waals surface area contributed by atoms with Gasteiger partial charge in [-0.15, -0.1) is 11.3 Å². The second kappa shape index (κ2) is 11.2. The number of hydrogen-bond acceptors (Lipinski definition) is 10. The van der Waals surface area contributed by atoms with Crippen molar-refractivity contribution < 1.29 is 32.9 Å². The van der Waals surface area contributed by atoms with Crippen molar-refractivity contribution >= 4 is 46.1 Å². The zero-order chi connectivity index (χ0) is 26.6. The van der Waals surface area contributed by atoms with E-state index in [0.717, 1.165) is 43.2 Å². The highest BCUT2D eigenvalue weighted by Gasteiger charge is 2.36. The third kappa shape index (κ3) is 6.21. The van der Waals surface area contributed by atoms with Gasteiger partial charge in [0, 0.05) is 50.7 Å². The molecule has 0 amide bonds. The summed E-state index contributed by atoms with van der Waals surface area (Å²) in [5.74, 6) is -1.54. The number of carboxylic acids is 1. The van der Waals surface area contributed by atoms with Gasteiger partial charge in [0.2, 0.25) is 5.95 Å². The van der Waals surface area contributed by atoms with Gasteiger partial charge in [0.05, 0.1) is 25.1 Å². The zero-order valence-corrected chi connectivity index (χ0v) is 20.6. The van der Waals surface area contributed by atoms with Crippen molar-refractivity contribution in [1.29, 1.82) is 0 Å². The van der Waals surface area contributed by atoms with Crippen molar-refractivity contribution in [3.63, 3.8) is 0 Å². The lowest BCUT2D eigenvalue weighted by Crippen LogP contribution is -2.47. The largest absolute Gasteiger partial charge is 0.494 e. The average molecular weight is 539 g/mol. The van der Waals surface area contributed by atoms with Crippen molar-refractivity contribution in [2.45, 2.75) is 6.18 Å². The van der Waals surface area contributed by atoms with Crippen LogP contribution in [0.1, 0.15) is 15.2 Å². The normalized spacial score (nSPS) is 14.5. The topological polar surface area (TPSA) is 123 Å². The molecule has 4 rings (SSSR count). The van der Waals surface area contributed by atoms with Gasteiger partial charge in [0.25, 0.3) is 0 Å². The first kappa shape index (κ1) is 26.4. The summed E-state index contributed by atoms with van der Waals surface area (Å²) in [7, 11) is 1.48. The molecule has 37 heavy (non-hydrogen) atoms. The molecule has 0 aliphatic carbocycles. The Morgan fingerprint density at radius 1 is 1.16 bits per heavy atom. The van der Waals surface area contributed by atoms with Crippen LogP contribution in [0, 0.1) is 0 Å². The summed E-state index contributed by atoms with van der Waals surface area (Å²) >= 11 is 0.881. The second-order valence-electron chi connectivity index (χ2n) is 8.11. The molecule has 0 spiro atoms. The molecule has 1 aromatic carbocycles. The number of benzene rings is 1. The predicted molar refractivity (Wildman–Crippen MR) is 134 cm³/mol. The van der Waals surface area contributed by atoms with Gasteiger partial charge < -0.3 is 30.5 Å². The molecule has 1 saturated heterocycles. The number of aliphatic hydroxyl groups is 1. The fourth-order valence-electron chi connectivity index (χ4n) is 3.92. The minimum atomic E-state index is -4.76. The van der Waals surface area contributed by atoms with Crippen LogP contribution in [0.5, 0.6) is 5.75 Å². The first-order valence-electron chi connectivity index (χ1n) is 11.2. The third-order valence-corrected chi connectivity index (χ3v) is 6.69. The Morgan fingerprint density at radius 2 is 1.92 bits per heavy atom. The van der Waals surface area contributed by atoms with E-state index >= 15 is 0 Å². The maximum Gasteiger partial charge on any atom is 0.421 e. The summed E-state index contributed by atoms with van der Waals surface area (Å²) in [4.78, 5) is 23.4. The number of halogens is 3. The van der Waals surface area contributed by atoms with E-state index in [4.69, 9.17) is 9.84 Å². The molecule has 0 unspecified atom stereocenters. The summed E-state index contributed by atoms with van der Waals surface area (Å²) in [6.45, 7) is 3.92. The number of ether oxygens (including phenoxy) is 1. The van der Waals surface area contributed by atoms with Crippen molar-refractivity contribution in [3.05, 3.63) is 46.3 Å². The molecule has 2 aromatic heterocycles. The number of aliphatic hydroxyl groups excluding tert-OH is 1. The second-order valence-corrected chi connectivity index (χ2v) is 9.03. The molecular formula is C23H25F3N6O4S. The SMILES string of the molecule is COc1cc(N2CCN(CCO)CC2)ccc1Nc1ncc(C(F)(F)F)c(Nc2ccsc2C(=O)O)n1. The number of nitrogens with zero attached hydrogens (tertiary/aromatic N) is 4. The molecule has 0 atom stereocenters. The van der Waals surface area contributed by atoms with Crippen molar-refractivity contribution in [1.82, 2.24) is 14.9 Å². The Bertz CT molecular complexity index is 1250. The Morgan fingerprint density at radius 3 is 2.57 bits per heavy atom. The minimum absolute atomic E-state index is 0.00586. The Hall–Kier alpha value is -3.62. The van der Waals surface area contributed by atoms with E-state index in [1.54, 1.807) is 6.07 Å². The van der Waals surface area contributed by atoms with Gasteiger partial charge in [-0.3, -0.25) is 4.90 Å². The van der Waals surface area contributed by atoms with E-state index < -0.39 is 23.5 Å². The van der Waals surface area contributed by atoms with E-state index in [1.807, 2.05) is 12.1 Å². The summed E-state index contributed by atoms with van der Waals surface area (Å²) < 4.78 is 46.3. The van der Waals surface area contributed by atoms with Gasteiger partial charge in [0.1, 0.15) is 22.0 Å². The number of hydrogen-bond donors (Lipinski definition) is 4. The molecule has 0 bridgehead atoms. The predicted octanol–water partition coefficient (Wildman–Crippen LogP) is 3.87. The minimum Gasteiger partial charge on any atom is -0.494 e. The van der Waals surface area contributed by atoms with Crippen LogP contribution in [-0.4, -0.2) is 77.5 Å². The summed E-state index contributed by atoms with van der Waals surface area (Å²) in [6, 6.07) is 6.77. The lowest BCUT2D eigenvalue weighted by atomic mass is 10.2. The van der Waals surface area contributed by atoms with E-state index in [-0.39, 0.29) is 23.1 Å². The van der Waals surface area contributed by atoms with Crippen LogP contribution >= 0.6 is 11.3 Å². The molecule has 3 aromatic rings. The van der Waals surface area contributed by atoms with Gasteiger partial charge in [-0.2, -0.15) is 18.2 Å². The van der Waals surface area contributed by atoms with Gasteiger partial charge >= 0.3 is 12.1 Å². The molecule has 0 radical (unpaired) electrons. The quantitative estimate of drug-likeness (QED) is 0.319. The Balaban J connectivity index is 1.57. The van der Waals surface area contributed by atoms with E-state index in [9.17, 15) is 23.1 Å². The van der Waals surface area contributed by atoms with Crippen LogP contribution < -0.4 is 20.3 Å². The lowest BCUT2D eigenvalue weighted by molar-refractivity contribution is -0.137. The van der Waals surface area contributed by atoms with Crippen LogP contribution in [0.25, 0.3) is 0 Å². The van der Waals surface area contributed by atoms with Gasteiger partial charge in [-0.25, -0.2) is 9.78 Å². The smallest absolute Gasteiger partial charge is 0.421 e. The van der Waals surface area contributed by atoms with Crippen LogP contribution in [0.4, 0.5) is 42.0 Å². The Labute approximate surface area is 214 Å². The van der Waals surface area contributed by atoms with Crippen LogP contribution in [0.2, 0.25) is 0 Å². The number of aromatic nitrogens is 2. The number of nitrogens with one attached hydrogen (secondary N) is 2. The number of piperazine rings is 1. The molecule has 3 heterocycles. The van der Waals surface area contributed by atoms with Gasteiger partial charge in [-0.05, 0) is 23.6 Å². The number of rotatable bonds is 9. The molecule has 1 aliphatic rings. The van der Waals surface area contributed by atoms with Crippen LogP contribution in [-0.2, 0) is 6.18 Å². The van der Waals surface area contributed by atoms with Crippen molar-refractivity contribution in [2.75, 3.05) is 62.0 Å². The summed E-state index contributed by atoms with van der Waals surface area (Å²) in [6.07, 6.45) is -4.13. The number of carboxylic acid groups (broad SMARTS) is 1. The number of aromatic carboxylic acids is 1. The fourth-order valence-corrected chi connectivity index (χ4v) is 4.60. The van der Waals surface area contributed by atoms with Crippen LogP contribution in [0.3, 0.4) is 0 Å². The number of carbonyl (C=O) groups is 1. The average Bonchev–Trinajstić information content (AvgIpc) is 3.33. The molecule has 1 fully saturated rings. The molecule has 1 aliphatic heterocycles. The number of β-amino-alcohol motifs (C(OH)–C–C–N with tert-alkyl or cyclic N) is 1. The van der Waals surface area contributed by atoms with Gasteiger partial charge in [0.15, 0.2) is 0 Å². The highest BCUT2D eigenvalue weighted by atomic mass is 32.1. The van der Waals surface area contributed by atoms with Gasteiger partial charge in [-0.1, -0.05) is 0 Å². The monoisotopic (exact) mass is 538 g/mol. The number of anilines is 5. The lowest BCUT2D eigenvalue weighted by Gasteiger charge is -2.36. The first-order valence-corrected chi connectivity index (χ1v) is 12.1. The summed E-state index contributed by atoms with van der Waals surface area (Å²) in [5.41, 5.74) is 0.218. The van der Waals surface area contributed by atoms with Crippen LogP contribution in [0.15, 0.2) is 35.8 Å². The standard InChI is InChI=1S/C23H25F3N6O4S/c1-36-18-12-14(32-7-5-31(6-8-32)9-10-33)2-3-16(18)29-22-27-13-15(23(24,25)26)20(30-22)28-17-4-11-37-19(17)21(34)35/h2-4,11-13,33H,5-10H2,1H3,(H,34,35)(H2,27,28,29,30). The Kier molecular flexibility index (Phi) is 8.00. The van der Waals surface area contributed by atoms with E-state index in [1.165, 1.54) is 18.6 Å². The third-order valence-electron chi connectivity index (χ3n) is 5.79. The maximum atomic E-state index is 13.6. The highest BCUT2D eigenvalue weighted by molar-refractivity contribution is 7.12. The number of methoxy groups -OCH3 is 1. The molecule has 0 saturated carbocycles. The molecule has 10 nitrogen and oxygen atoms in total. The zero-order valence-electron chi connectivity index (χ0n) is 19.7. The van der Waals surface area contributed by atoms with Crippen molar-refractivity contribution in [2.24, 2.45) is 0 Å². The van der Waals surface area contributed by atoms with E-state index in [2.05, 4.69) is 30.4 Å². The molecule has 4 N–H and O–H groups in total. The number of alkyl halides is 3. The molecule has 14 heteroatoms. The van der Waals surface area contributed by atoms with Crippen molar-refractivity contribution in [3.8, 4) is 5.75 Å². The fraction of sp³-hybridized carbons (Fsp3) is 0.348. The van der Waals surface area contributed by atoms with E-state index in [0.29, 0.717) is 24.2 Å². The molecular weight excluding hydrogens is 513 g/mol.